The van der Waals surface area contributed by atoms with E-state index >= 15 is 0 Å². The summed E-state index contributed by atoms with van der Waals surface area (Å²) in [6.45, 7) is 5.71. The van der Waals surface area contributed by atoms with E-state index in [-0.39, 0.29) is 5.75 Å². The number of aliphatic imine (C=N–C) groups is 1. The number of guanidine groups is 1. The van der Waals surface area contributed by atoms with Crippen molar-refractivity contribution in [3.63, 3.8) is 0 Å². The van der Waals surface area contributed by atoms with Crippen molar-refractivity contribution in [1.29, 1.82) is 0 Å². The lowest BCUT2D eigenvalue weighted by Crippen LogP contribution is -2.40. The molecule has 0 amide bonds. The summed E-state index contributed by atoms with van der Waals surface area (Å²) in [5, 5.41) is 17.4. The second-order valence-corrected chi connectivity index (χ2v) is 7.32. The normalized spacial score (nSPS) is 17.2. The Kier molecular flexibility index (Phi) is 6.79. The Morgan fingerprint density at radius 1 is 1.39 bits per heavy atom. The number of nitrogens with one attached hydrogen (secondary N) is 1. The number of likely N-dealkylation sites (tertiary alicyclic amines) is 1. The zero-order valence-electron chi connectivity index (χ0n) is 17.1. The molecule has 1 saturated heterocycles. The van der Waals surface area contributed by atoms with Crippen molar-refractivity contribution in [2.45, 2.75) is 26.2 Å². The topological polar surface area (TPSA) is 74.9 Å². The van der Waals surface area contributed by atoms with E-state index in [0.717, 1.165) is 44.0 Å². The zero-order chi connectivity index (χ0) is 19.9. The van der Waals surface area contributed by atoms with E-state index in [4.69, 9.17) is 9.73 Å². The molecule has 7 nitrogen and oxygen atoms in total. The molecular formula is C21H31N5O2. The summed E-state index contributed by atoms with van der Waals surface area (Å²) in [5.41, 5.74) is 2.41. The molecule has 1 aromatic carbocycles. The molecular weight excluding hydrogens is 354 g/mol. The van der Waals surface area contributed by atoms with E-state index in [9.17, 15) is 5.11 Å². The summed E-state index contributed by atoms with van der Waals surface area (Å²) in [5.74, 6) is 2.29. The number of nitrogens with zero attached hydrogens (tertiary/aromatic N) is 4. The number of benzene rings is 1. The molecule has 1 aromatic heterocycles. The van der Waals surface area contributed by atoms with Crippen LogP contribution in [0.3, 0.4) is 0 Å². The summed E-state index contributed by atoms with van der Waals surface area (Å²) in [6, 6.07) is 5.46. The van der Waals surface area contributed by atoms with Gasteiger partial charge in [0.15, 0.2) is 17.5 Å². The maximum atomic E-state index is 9.72. The van der Waals surface area contributed by atoms with E-state index < -0.39 is 0 Å². The Labute approximate surface area is 167 Å². The molecule has 1 atom stereocenters. The largest absolute Gasteiger partial charge is 0.504 e. The summed E-state index contributed by atoms with van der Waals surface area (Å²) in [7, 11) is 3.53. The molecule has 0 bridgehead atoms. The Morgan fingerprint density at radius 3 is 2.96 bits per heavy atom. The van der Waals surface area contributed by atoms with Crippen molar-refractivity contribution < 1.29 is 9.84 Å². The highest BCUT2D eigenvalue weighted by Gasteiger charge is 2.25. The summed E-state index contributed by atoms with van der Waals surface area (Å²) in [6.07, 6.45) is 7.12. The van der Waals surface area contributed by atoms with Crippen LogP contribution in [-0.2, 0) is 19.9 Å². The van der Waals surface area contributed by atoms with Crippen LogP contribution >= 0.6 is 0 Å². The fourth-order valence-electron chi connectivity index (χ4n) is 3.70. The SMILES string of the molecule is CCNC(=NCCc1ccc(O)c(OC)c1)N1CCC(Cc2cnn(C)c2)C1. The molecule has 28 heavy (non-hydrogen) atoms. The van der Waals surface area contributed by atoms with E-state index in [2.05, 4.69) is 28.4 Å². The molecule has 0 aliphatic carbocycles. The van der Waals surface area contributed by atoms with Gasteiger partial charge >= 0.3 is 0 Å². The maximum Gasteiger partial charge on any atom is 0.193 e. The monoisotopic (exact) mass is 385 g/mol. The van der Waals surface area contributed by atoms with E-state index in [1.165, 1.54) is 12.0 Å². The minimum Gasteiger partial charge on any atom is -0.504 e. The minimum absolute atomic E-state index is 0.166. The number of rotatable bonds is 7. The number of phenols is 1. The quantitative estimate of drug-likeness (QED) is 0.565. The van der Waals surface area contributed by atoms with Gasteiger partial charge in [0.25, 0.3) is 0 Å². The molecule has 0 spiro atoms. The lowest BCUT2D eigenvalue weighted by Gasteiger charge is -2.21. The van der Waals surface area contributed by atoms with Gasteiger partial charge in [-0.15, -0.1) is 0 Å². The third-order valence-corrected chi connectivity index (χ3v) is 5.11. The van der Waals surface area contributed by atoms with Gasteiger partial charge in [-0.3, -0.25) is 9.67 Å². The molecule has 0 saturated carbocycles. The molecule has 1 fully saturated rings. The first kappa shape index (κ1) is 20.0. The Balaban J connectivity index is 1.56. The van der Waals surface area contributed by atoms with Crippen LogP contribution in [0.25, 0.3) is 0 Å². The average Bonchev–Trinajstić information content (AvgIpc) is 3.31. The standard InChI is InChI=1S/C21H31N5O2/c1-4-22-21(23-9-7-16-5-6-19(27)20(12-16)28-3)26-10-8-17(15-26)11-18-13-24-25(2)14-18/h5-6,12-14,17,27H,4,7-11,15H2,1-3H3,(H,22,23). The molecule has 7 heteroatoms. The van der Waals surface area contributed by atoms with Gasteiger partial charge in [-0.05, 0) is 55.4 Å². The van der Waals surface area contributed by atoms with Crippen molar-refractivity contribution in [2.75, 3.05) is 33.3 Å². The molecule has 2 aromatic rings. The van der Waals surface area contributed by atoms with Gasteiger partial charge in [0.1, 0.15) is 0 Å². The van der Waals surface area contributed by atoms with Crippen LogP contribution in [0, 0.1) is 5.92 Å². The van der Waals surface area contributed by atoms with Crippen LogP contribution in [0.1, 0.15) is 24.5 Å². The van der Waals surface area contributed by atoms with E-state index in [1.54, 1.807) is 13.2 Å². The van der Waals surface area contributed by atoms with Crippen LogP contribution < -0.4 is 10.1 Å². The molecule has 1 aliphatic rings. The maximum absolute atomic E-state index is 9.72. The average molecular weight is 386 g/mol. The molecule has 152 valence electrons. The molecule has 1 unspecified atom stereocenters. The van der Waals surface area contributed by atoms with Crippen LogP contribution in [0.4, 0.5) is 0 Å². The van der Waals surface area contributed by atoms with Gasteiger partial charge in [0.2, 0.25) is 0 Å². The number of phenolic OH excluding ortho intramolecular Hbond substituents is 1. The lowest BCUT2D eigenvalue weighted by atomic mass is 10.0. The second-order valence-electron chi connectivity index (χ2n) is 7.32. The number of aromatic hydroxyl groups is 1. The van der Waals surface area contributed by atoms with Gasteiger partial charge in [-0.25, -0.2) is 0 Å². The first-order chi connectivity index (χ1) is 13.6. The molecule has 2 N–H and O–H groups in total. The van der Waals surface area contributed by atoms with Crippen LogP contribution in [0.5, 0.6) is 11.5 Å². The summed E-state index contributed by atoms with van der Waals surface area (Å²) >= 11 is 0. The number of ether oxygens (including phenoxy) is 1. The third kappa shape index (κ3) is 5.18. The van der Waals surface area contributed by atoms with Gasteiger partial charge in [-0.2, -0.15) is 5.10 Å². The predicted octanol–water partition coefficient (Wildman–Crippen LogP) is 2.21. The van der Waals surface area contributed by atoms with E-state index in [1.807, 2.05) is 30.1 Å². The highest BCUT2D eigenvalue weighted by Crippen LogP contribution is 2.26. The highest BCUT2D eigenvalue weighted by atomic mass is 16.5. The number of hydrogen-bond donors (Lipinski definition) is 2. The number of aromatic nitrogens is 2. The van der Waals surface area contributed by atoms with Crippen molar-refractivity contribution in [1.82, 2.24) is 20.0 Å². The van der Waals surface area contributed by atoms with Crippen LogP contribution in [0.15, 0.2) is 35.6 Å². The fourth-order valence-corrected chi connectivity index (χ4v) is 3.70. The van der Waals surface area contributed by atoms with E-state index in [0.29, 0.717) is 18.2 Å². The Morgan fingerprint density at radius 2 is 2.25 bits per heavy atom. The van der Waals surface area contributed by atoms with Crippen molar-refractivity contribution in [3.05, 3.63) is 41.7 Å². The molecule has 3 rings (SSSR count). The molecule has 0 radical (unpaired) electrons. The first-order valence-corrected chi connectivity index (χ1v) is 9.95. The van der Waals surface area contributed by atoms with Gasteiger partial charge in [-0.1, -0.05) is 6.07 Å². The highest BCUT2D eigenvalue weighted by molar-refractivity contribution is 5.80. The first-order valence-electron chi connectivity index (χ1n) is 9.95. The van der Waals surface area contributed by atoms with Crippen LogP contribution in [-0.4, -0.2) is 59.0 Å². The zero-order valence-corrected chi connectivity index (χ0v) is 17.1. The van der Waals surface area contributed by atoms with Gasteiger partial charge in [0.05, 0.1) is 13.3 Å². The van der Waals surface area contributed by atoms with Gasteiger partial charge in [0, 0.05) is 39.4 Å². The molecule has 2 heterocycles. The third-order valence-electron chi connectivity index (χ3n) is 5.11. The number of methoxy groups -OCH3 is 1. The Hall–Kier alpha value is -2.70. The molecule has 1 aliphatic heterocycles. The van der Waals surface area contributed by atoms with Crippen molar-refractivity contribution in [3.8, 4) is 11.5 Å². The predicted molar refractivity (Wildman–Crippen MR) is 111 cm³/mol. The smallest absolute Gasteiger partial charge is 0.193 e. The second kappa shape index (κ2) is 9.48. The number of aryl methyl sites for hydroxylation is 1. The van der Waals surface area contributed by atoms with Crippen LogP contribution in [0.2, 0.25) is 0 Å². The number of hydrogen-bond acceptors (Lipinski definition) is 4. The Bertz CT molecular complexity index is 802. The summed E-state index contributed by atoms with van der Waals surface area (Å²) < 4.78 is 7.05. The fraction of sp³-hybridized carbons (Fsp3) is 0.524. The lowest BCUT2D eigenvalue weighted by molar-refractivity contribution is 0.373. The van der Waals surface area contributed by atoms with Crippen molar-refractivity contribution in [2.24, 2.45) is 18.0 Å². The van der Waals surface area contributed by atoms with Gasteiger partial charge < -0.3 is 20.1 Å². The summed E-state index contributed by atoms with van der Waals surface area (Å²) in [4.78, 5) is 7.19. The minimum atomic E-state index is 0.166. The van der Waals surface area contributed by atoms with Crippen molar-refractivity contribution >= 4 is 5.96 Å².